The molecule has 1 amide bonds. The predicted molar refractivity (Wildman–Crippen MR) is 105 cm³/mol. The van der Waals surface area contributed by atoms with Crippen molar-refractivity contribution in [2.75, 3.05) is 13.2 Å². The monoisotopic (exact) mass is 491 g/mol. The van der Waals surface area contributed by atoms with Crippen molar-refractivity contribution in [1.29, 1.82) is 0 Å². The third kappa shape index (κ3) is 6.14. The van der Waals surface area contributed by atoms with Crippen molar-refractivity contribution in [2.45, 2.75) is 56.5 Å². The third-order valence-electron chi connectivity index (χ3n) is 5.33. The molecule has 9 nitrogen and oxygen atoms in total. The van der Waals surface area contributed by atoms with Crippen LogP contribution in [0.4, 0.5) is 13.2 Å². The molecule has 0 saturated heterocycles. The second kappa shape index (κ2) is 9.84. The second-order valence-electron chi connectivity index (χ2n) is 7.77. The van der Waals surface area contributed by atoms with Crippen molar-refractivity contribution in [3.8, 4) is 5.75 Å². The van der Waals surface area contributed by atoms with Crippen LogP contribution in [0.2, 0.25) is 5.02 Å². The Bertz CT molecular complexity index is 982. The minimum atomic E-state index is -4.65. The fraction of sp³-hybridized carbons (Fsp3) is 0.550. The van der Waals surface area contributed by atoms with Crippen LogP contribution in [0.5, 0.6) is 5.75 Å². The fourth-order valence-electron chi connectivity index (χ4n) is 3.64. The van der Waals surface area contributed by atoms with E-state index >= 15 is 0 Å². The van der Waals surface area contributed by atoms with Gasteiger partial charge in [-0.2, -0.15) is 0 Å². The van der Waals surface area contributed by atoms with Crippen LogP contribution in [0.25, 0.3) is 0 Å². The van der Waals surface area contributed by atoms with Crippen LogP contribution in [0, 0.1) is 0 Å². The Labute approximate surface area is 191 Å². The van der Waals surface area contributed by atoms with E-state index in [-0.39, 0.29) is 62.6 Å². The van der Waals surface area contributed by atoms with E-state index < -0.39 is 24.7 Å². The lowest BCUT2D eigenvalue weighted by atomic mass is 9.82. The van der Waals surface area contributed by atoms with E-state index in [9.17, 15) is 23.1 Å². The predicted octanol–water partition coefficient (Wildman–Crippen LogP) is 3.02. The van der Waals surface area contributed by atoms with Gasteiger partial charge in [0.05, 0.1) is 18.8 Å². The topological polar surface area (TPSA) is 116 Å². The van der Waals surface area contributed by atoms with Crippen LogP contribution in [0.3, 0.4) is 0 Å². The molecule has 0 spiro atoms. The number of nitrogens with zero attached hydrogens (tertiary/aromatic N) is 2. The molecule has 2 heterocycles. The zero-order valence-electron chi connectivity index (χ0n) is 17.2. The van der Waals surface area contributed by atoms with E-state index in [0.717, 1.165) is 0 Å². The first-order valence-corrected chi connectivity index (χ1v) is 10.6. The Morgan fingerprint density at radius 1 is 1.27 bits per heavy atom. The minimum Gasteiger partial charge on any atom is -0.480 e. The Morgan fingerprint density at radius 2 is 2.06 bits per heavy atom. The van der Waals surface area contributed by atoms with Crippen LogP contribution < -0.4 is 10.1 Å². The number of hydrogen-bond acceptors (Lipinski definition) is 8. The van der Waals surface area contributed by atoms with Gasteiger partial charge in [-0.3, -0.25) is 9.53 Å². The molecular formula is C20H21ClF3N3O6. The van der Waals surface area contributed by atoms with E-state index in [4.69, 9.17) is 25.5 Å². The van der Waals surface area contributed by atoms with Gasteiger partial charge >= 0.3 is 6.36 Å². The molecule has 1 aliphatic carbocycles. The number of benzene rings is 1. The van der Waals surface area contributed by atoms with Crippen molar-refractivity contribution in [3.63, 3.8) is 0 Å². The summed E-state index contributed by atoms with van der Waals surface area (Å²) in [7, 11) is 0. The highest BCUT2D eigenvalue weighted by Crippen LogP contribution is 2.40. The number of carbonyl (C=O) groups is 1. The molecule has 2 atom stereocenters. The highest BCUT2D eigenvalue weighted by Gasteiger charge is 2.42. The molecule has 1 fully saturated rings. The normalized spacial score (nSPS) is 24.5. The maximum Gasteiger partial charge on any atom is 0.522 e. The molecule has 2 unspecified atom stereocenters. The molecule has 33 heavy (non-hydrogen) atoms. The molecule has 0 radical (unpaired) electrons. The second-order valence-corrected chi connectivity index (χ2v) is 8.21. The van der Waals surface area contributed by atoms with Gasteiger partial charge in [-0.05, 0) is 31.0 Å². The molecule has 2 aliphatic rings. The number of halogens is 4. The number of aliphatic hydroxyl groups excluding tert-OH is 1. The Morgan fingerprint density at radius 3 is 2.82 bits per heavy atom. The molecule has 1 aromatic carbocycles. The quantitative estimate of drug-likeness (QED) is 0.541. The molecule has 4 rings (SSSR count). The van der Waals surface area contributed by atoms with Crippen LogP contribution in [0.1, 0.15) is 48.6 Å². The number of fused-ring (bicyclic) bond motifs is 1. The summed E-state index contributed by atoms with van der Waals surface area (Å²) in [5.41, 5.74) is 0.541. The Kier molecular flexibility index (Phi) is 7.07. The van der Waals surface area contributed by atoms with Crippen LogP contribution >= 0.6 is 11.6 Å². The standard InChI is InChI=1S/C20H21ClF3N3O6/c21-11-1-2-15-13(7-11)14(28)8-16(31-15)18(29)25-3-4-30-9-17-26-27-19(32-17)10-5-12(6-10)33-20(22,23)24/h1-2,7,10,12,14,16,28H,3-6,8-9H2,(H,25,29)/t10-,12+,14?,16?. The van der Waals surface area contributed by atoms with E-state index in [1.807, 2.05) is 0 Å². The summed E-state index contributed by atoms with van der Waals surface area (Å²) in [6.07, 6.45) is -6.85. The highest BCUT2D eigenvalue weighted by molar-refractivity contribution is 6.30. The number of amides is 1. The maximum absolute atomic E-state index is 12.3. The van der Waals surface area contributed by atoms with Gasteiger partial charge in [0.25, 0.3) is 5.91 Å². The SMILES string of the molecule is O=C(NCCOCc1nnc([C@H]2C[C@@H](OC(F)(F)F)C2)o1)C1CC(O)c2cc(Cl)ccc2O1. The average Bonchev–Trinajstić information content (AvgIpc) is 3.18. The lowest BCUT2D eigenvalue weighted by Crippen LogP contribution is -2.42. The lowest BCUT2D eigenvalue weighted by Gasteiger charge is -2.32. The van der Waals surface area contributed by atoms with Gasteiger partial charge < -0.3 is 24.3 Å². The minimum absolute atomic E-state index is 0.00908. The maximum atomic E-state index is 12.3. The zero-order chi connectivity index (χ0) is 23.6. The number of aliphatic hydroxyl groups is 1. The van der Waals surface area contributed by atoms with E-state index in [1.165, 1.54) is 0 Å². The molecule has 2 aromatic rings. The van der Waals surface area contributed by atoms with Crippen LogP contribution in [-0.2, 0) is 20.9 Å². The fourth-order valence-corrected chi connectivity index (χ4v) is 3.82. The summed E-state index contributed by atoms with van der Waals surface area (Å²) in [5.74, 6) is 0.178. The lowest BCUT2D eigenvalue weighted by molar-refractivity contribution is -0.352. The number of rotatable bonds is 8. The Balaban J connectivity index is 1.14. The van der Waals surface area contributed by atoms with Crippen molar-refractivity contribution in [2.24, 2.45) is 0 Å². The van der Waals surface area contributed by atoms with Crippen molar-refractivity contribution in [1.82, 2.24) is 15.5 Å². The van der Waals surface area contributed by atoms with Gasteiger partial charge in [-0.15, -0.1) is 23.4 Å². The first-order chi connectivity index (χ1) is 15.7. The number of alkyl halides is 3. The van der Waals surface area contributed by atoms with Crippen LogP contribution in [-0.4, -0.2) is 52.9 Å². The van der Waals surface area contributed by atoms with E-state index in [0.29, 0.717) is 16.3 Å². The molecule has 1 aliphatic heterocycles. The molecule has 180 valence electrons. The summed E-state index contributed by atoms with van der Waals surface area (Å²) in [5, 5.41) is 21.0. The molecule has 1 aromatic heterocycles. The van der Waals surface area contributed by atoms with E-state index in [1.54, 1.807) is 18.2 Å². The summed E-state index contributed by atoms with van der Waals surface area (Å²) >= 11 is 5.92. The van der Waals surface area contributed by atoms with Gasteiger partial charge in [-0.25, -0.2) is 0 Å². The van der Waals surface area contributed by atoms with Crippen LogP contribution in [0.15, 0.2) is 22.6 Å². The van der Waals surface area contributed by atoms with Crippen molar-refractivity contribution < 1.29 is 41.7 Å². The highest BCUT2D eigenvalue weighted by atomic mass is 35.5. The smallest absolute Gasteiger partial charge is 0.480 e. The van der Waals surface area contributed by atoms with Gasteiger partial charge in [0.1, 0.15) is 12.4 Å². The molecular weight excluding hydrogens is 471 g/mol. The van der Waals surface area contributed by atoms with Gasteiger partial charge in [0.2, 0.25) is 11.8 Å². The largest absolute Gasteiger partial charge is 0.522 e. The number of aromatic nitrogens is 2. The summed E-state index contributed by atoms with van der Waals surface area (Å²) in [6.45, 7) is 0.322. The summed E-state index contributed by atoms with van der Waals surface area (Å²) in [6, 6.07) is 4.82. The first kappa shape index (κ1) is 23.7. The summed E-state index contributed by atoms with van der Waals surface area (Å²) < 4.78 is 56.9. The van der Waals surface area contributed by atoms with Crippen molar-refractivity contribution in [3.05, 3.63) is 40.6 Å². The van der Waals surface area contributed by atoms with Gasteiger partial charge in [0, 0.05) is 29.5 Å². The third-order valence-corrected chi connectivity index (χ3v) is 5.56. The average molecular weight is 492 g/mol. The Hall–Kier alpha value is -2.41. The number of nitrogens with one attached hydrogen (secondary N) is 1. The number of ether oxygens (including phenoxy) is 3. The van der Waals surface area contributed by atoms with Gasteiger partial charge in [0.15, 0.2) is 6.10 Å². The summed E-state index contributed by atoms with van der Waals surface area (Å²) in [4.78, 5) is 12.3. The first-order valence-electron chi connectivity index (χ1n) is 10.2. The van der Waals surface area contributed by atoms with Gasteiger partial charge in [-0.1, -0.05) is 11.6 Å². The number of hydrogen-bond donors (Lipinski definition) is 2. The molecule has 1 saturated carbocycles. The van der Waals surface area contributed by atoms with Crippen molar-refractivity contribution >= 4 is 17.5 Å². The molecule has 2 N–H and O–H groups in total. The molecule has 13 heteroatoms. The zero-order valence-corrected chi connectivity index (χ0v) is 17.9. The van der Waals surface area contributed by atoms with E-state index in [2.05, 4.69) is 20.3 Å². The number of carbonyl (C=O) groups excluding carboxylic acids is 1. The molecule has 0 bridgehead atoms.